The van der Waals surface area contributed by atoms with Crippen molar-refractivity contribution in [2.24, 2.45) is 10.9 Å². The molecule has 0 fully saturated rings. The van der Waals surface area contributed by atoms with Crippen LogP contribution in [0.3, 0.4) is 0 Å². The monoisotopic (exact) mass is 274 g/mol. The number of amidine groups is 1. The molecule has 4 N–H and O–H groups in total. The summed E-state index contributed by atoms with van der Waals surface area (Å²) in [5, 5.41) is 14.2. The van der Waals surface area contributed by atoms with Crippen molar-refractivity contribution < 1.29 is 14.4 Å². The Kier molecular flexibility index (Phi) is 3.69. The van der Waals surface area contributed by atoms with Gasteiger partial charge in [0.05, 0.1) is 5.69 Å². The van der Waals surface area contributed by atoms with E-state index >= 15 is 0 Å². The molecule has 2 aromatic rings. The number of nitrogens with zero attached hydrogens (tertiary/aromatic N) is 2. The molecule has 104 valence electrons. The summed E-state index contributed by atoms with van der Waals surface area (Å²) < 4.78 is 5.24. The molecule has 1 aromatic heterocycles. The van der Waals surface area contributed by atoms with Crippen molar-refractivity contribution in [1.29, 1.82) is 0 Å². The van der Waals surface area contributed by atoms with Gasteiger partial charge in [-0.2, -0.15) is 0 Å². The molecule has 0 saturated heterocycles. The number of hydrogen-bond acceptors (Lipinski definition) is 5. The number of carbonyl (C=O) groups excluding carboxylic acids is 1. The molecule has 1 amide bonds. The second kappa shape index (κ2) is 5.43. The maximum absolute atomic E-state index is 12.0. The van der Waals surface area contributed by atoms with Crippen LogP contribution in [0.2, 0.25) is 0 Å². The third-order valence-electron chi connectivity index (χ3n) is 2.63. The molecule has 0 spiro atoms. The molecule has 7 heteroatoms. The maximum atomic E-state index is 12.0. The van der Waals surface area contributed by atoms with E-state index in [0.29, 0.717) is 22.8 Å². The molecule has 1 aromatic carbocycles. The molecular weight excluding hydrogens is 260 g/mol. The summed E-state index contributed by atoms with van der Waals surface area (Å²) in [5.41, 5.74) is 7.02. The zero-order valence-electron chi connectivity index (χ0n) is 11.0. The van der Waals surface area contributed by atoms with Crippen molar-refractivity contribution in [2.75, 3.05) is 5.32 Å². The Bertz CT molecular complexity index is 676. The fraction of sp³-hybridized carbons (Fsp3) is 0.154. The second-order valence-electron chi connectivity index (χ2n) is 4.17. The summed E-state index contributed by atoms with van der Waals surface area (Å²) >= 11 is 0. The van der Waals surface area contributed by atoms with Crippen LogP contribution in [0.15, 0.2) is 33.8 Å². The lowest BCUT2D eigenvalue weighted by Crippen LogP contribution is -2.15. The number of aryl methyl sites for hydroxylation is 2. The van der Waals surface area contributed by atoms with E-state index in [1.54, 1.807) is 38.1 Å². The lowest BCUT2D eigenvalue weighted by molar-refractivity contribution is 0.0994. The predicted octanol–water partition coefficient (Wildman–Crippen LogP) is 1.64. The summed E-state index contributed by atoms with van der Waals surface area (Å²) in [7, 11) is 0. The number of oxazole rings is 1. The van der Waals surface area contributed by atoms with Crippen molar-refractivity contribution in [3.8, 4) is 0 Å². The summed E-state index contributed by atoms with van der Waals surface area (Å²) in [6.45, 7) is 3.36. The highest BCUT2D eigenvalue weighted by Crippen LogP contribution is 2.15. The third kappa shape index (κ3) is 2.77. The second-order valence-corrected chi connectivity index (χ2v) is 4.17. The first-order valence-corrected chi connectivity index (χ1v) is 5.84. The van der Waals surface area contributed by atoms with Crippen LogP contribution in [0.1, 0.15) is 27.7 Å². The molecule has 0 saturated carbocycles. The molecule has 0 bridgehead atoms. The largest absolute Gasteiger partial charge is 0.436 e. The van der Waals surface area contributed by atoms with Gasteiger partial charge in [-0.15, -0.1) is 0 Å². The van der Waals surface area contributed by atoms with Crippen molar-refractivity contribution in [2.45, 2.75) is 13.8 Å². The predicted molar refractivity (Wildman–Crippen MR) is 72.9 cm³/mol. The maximum Gasteiger partial charge on any atom is 0.293 e. The van der Waals surface area contributed by atoms with Crippen LogP contribution in [-0.2, 0) is 0 Å². The standard InChI is InChI=1S/C13H14N4O3/c1-7-11(20-8(2)15-7)13(18)16-10-5-3-4-9(6-10)12(14)17-19/h3-6,19H,1-2H3,(H2,14,17)(H,16,18). The highest BCUT2D eigenvalue weighted by molar-refractivity contribution is 6.04. The van der Waals surface area contributed by atoms with Gasteiger partial charge in [0.15, 0.2) is 11.7 Å². The van der Waals surface area contributed by atoms with Crippen LogP contribution in [0.4, 0.5) is 5.69 Å². The minimum absolute atomic E-state index is 0.0345. The molecule has 0 aliphatic rings. The van der Waals surface area contributed by atoms with E-state index in [0.717, 1.165) is 0 Å². The van der Waals surface area contributed by atoms with E-state index in [-0.39, 0.29) is 11.6 Å². The minimum atomic E-state index is -0.403. The number of oxime groups is 1. The third-order valence-corrected chi connectivity index (χ3v) is 2.63. The number of anilines is 1. The number of amides is 1. The van der Waals surface area contributed by atoms with Crippen LogP contribution in [0.5, 0.6) is 0 Å². The lowest BCUT2D eigenvalue weighted by Gasteiger charge is -2.05. The Morgan fingerprint density at radius 2 is 2.20 bits per heavy atom. The first-order chi connectivity index (χ1) is 9.51. The number of carbonyl (C=O) groups is 1. The molecule has 0 aliphatic carbocycles. The SMILES string of the molecule is Cc1nc(C)c(C(=O)Nc2cccc(/C(N)=N/O)c2)o1. The smallest absolute Gasteiger partial charge is 0.293 e. The average Bonchev–Trinajstić information content (AvgIpc) is 2.77. The molecule has 0 aliphatic heterocycles. The van der Waals surface area contributed by atoms with E-state index in [9.17, 15) is 4.79 Å². The number of aromatic nitrogens is 1. The summed E-state index contributed by atoms with van der Waals surface area (Å²) in [6, 6.07) is 6.62. The van der Waals surface area contributed by atoms with Crippen molar-refractivity contribution in [1.82, 2.24) is 4.98 Å². The average molecular weight is 274 g/mol. The van der Waals surface area contributed by atoms with E-state index in [1.165, 1.54) is 0 Å². The first kappa shape index (κ1) is 13.6. The van der Waals surface area contributed by atoms with Gasteiger partial charge in [-0.3, -0.25) is 4.79 Å². The number of nitrogens with two attached hydrogens (primary N) is 1. The van der Waals surface area contributed by atoms with Gasteiger partial charge in [0.2, 0.25) is 5.76 Å². The van der Waals surface area contributed by atoms with Crippen LogP contribution in [0.25, 0.3) is 0 Å². The van der Waals surface area contributed by atoms with Gasteiger partial charge in [-0.25, -0.2) is 4.98 Å². The molecule has 0 unspecified atom stereocenters. The van der Waals surface area contributed by atoms with Crippen LogP contribution in [0, 0.1) is 13.8 Å². The van der Waals surface area contributed by atoms with E-state index in [1.807, 2.05) is 0 Å². The Hall–Kier alpha value is -2.83. The number of benzene rings is 1. The first-order valence-electron chi connectivity index (χ1n) is 5.84. The Balaban J connectivity index is 2.22. The molecule has 7 nitrogen and oxygen atoms in total. The van der Waals surface area contributed by atoms with Gasteiger partial charge in [0.25, 0.3) is 5.91 Å². The van der Waals surface area contributed by atoms with Crippen LogP contribution < -0.4 is 11.1 Å². The number of nitrogens with one attached hydrogen (secondary N) is 1. The van der Waals surface area contributed by atoms with Crippen LogP contribution >= 0.6 is 0 Å². The highest BCUT2D eigenvalue weighted by Gasteiger charge is 2.16. The molecule has 0 radical (unpaired) electrons. The number of hydrogen-bond donors (Lipinski definition) is 3. The van der Waals surface area contributed by atoms with Gasteiger partial charge < -0.3 is 20.7 Å². The van der Waals surface area contributed by atoms with E-state index in [2.05, 4.69) is 15.5 Å². The van der Waals surface area contributed by atoms with Gasteiger partial charge in [0, 0.05) is 18.2 Å². The Labute approximate surface area is 115 Å². The summed E-state index contributed by atoms with van der Waals surface area (Å²) in [4.78, 5) is 16.1. The topological polar surface area (TPSA) is 114 Å². The highest BCUT2D eigenvalue weighted by atomic mass is 16.4. The van der Waals surface area contributed by atoms with Gasteiger partial charge in [-0.05, 0) is 19.1 Å². The van der Waals surface area contributed by atoms with E-state index < -0.39 is 5.91 Å². The molecule has 0 atom stereocenters. The fourth-order valence-corrected chi connectivity index (χ4v) is 1.74. The number of rotatable bonds is 3. The van der Waals surface area contributed by atoms with Crippen molar-refractivity contribution in [3.05, 3.63) is 47.2 Å². The van der Waals surface area contributed by atoms with Crippen molar-refractivity contribution in [3.63, 3.8) is 0 Å². The Morgan fingerprint density at radius 1 is 1.45 bits per heavy atom. The lowest BCUT2D eigenvalue weighted by atomic mass is 10.2. The fourth-order valence-electron chi connectivity index (χ4n) is 1.74. The van der Waals surface area contributed by atoms with Crippen LogP contribution in [-0.4, -0.2) is 21.9 Å². The zero-order chi connectivity index (χ0) is 14.7. The summed E-state index contributed by atoms with van der Waals surface area (Å²) in [6.07, 6.45) is 0. The normalized spacial score (nSPS) is 11.4. The summed E-state index contributed by atoms with van der Waals surface area (Å²) in [5.74, 6) is 0.155. The molecule has 2 rings (SSSR count). The molecular formula is C13H14N4O3. The van der Waals surface area contributed by atoms with Gasteiger partial charge in [0.1, 0.15) is 0 Å². The Morgan fingerprint density at radius 3 is 2.80 bits per heavy atom. The molecule has 20 heavy (non-hydrogen) atoms. The van der Waals surface area contributed by atoms with Gasteiger partial charge >= 0.3 is 0 Å². The van der Waals surface area contributed by atoms with E-state index in [4.69, 9.17) is 15.4 Å². The zero-order valence-corrected chi connectivity index (χ0v) is 11.0. The van der Waals surface area contributed by atoms with Crippen molar-refractivity contribution >= 4 is 17.4 Å². The molecule has 1 heterocycles. The van der Waals surface area contributed by atoms with Gasteiger partial charge in [-0.1, -0.05) is 17.3 Å². The quantitative estimate of drug-likeness (QED) is 0.341. The minimum Gasteiger partial charge on any atom is -0.436 e.